The van der Waals surface area contributed by atoms with E-state index < -0.39 is 0 Å². The number of Topliss-reactive ketones (excluding diaryl/α,β-unsaturated/α-hetero) is 1. The summed E-state index contributed by atoms with van der Waals surface area (Å²) in [7, 11) is 0. The molecule has 4 heterocycles. The molecule has 3 aromatic heterocycles. The molecule has 4 aromatic rings. The fraction of sp³-hybridized carbons (Fsp3) is 0.222. The number of ketones is 1. The highest BCUT2D eigenvalue weighted by atomic mass is 16.2. The number of imidazole rings is 1. The van der Waals surface area contributed by atoms with Gasteiger partial charge in [0.05, 0.1) is 11.2 Å². The number of nitrogen functional groups attached to an aromatic ring is 1. The number of nitrogens with two attached hydrogens (primary N) is 1. The number of aromatic nitrogens is 4. The number of benzene rings is 1. The van der Waals surface area contributed by atoms with Gasteiger partial charge in [-0.1, -0.05) is 36.9 Å². The fourth-order valence-electron chi connectivity index (χ4n) is 4.63. The van der Waals surface area contributed by atoms with Gasteiger partial charge >= 0.3 is 0 Å². The number of amides is 1. The van der Waals surface area contributed by atoms with Crippen molar-refractivity contribution in [1.29, 1.82) is 0 Å². The molecule has 5 rings (SSSR count). The number of carbonyl (C=O) groups excluding carboxylic acids is 2. The first kappa shape index (κ1) is 22.5. The second kappa shape index (κ2) is 9.50. The van der Waals surface area contributed by atoms with Crippen molar-refractivity contribution in [3.8, 4) is 11.4 Å². The molecule has 1 fully saturated rings. The molecule has 35 heavy (non-hydrogen) atoms. The van der Waals surface area contributed by atoms with Crippen molar-refractivity contribution in [2.45, 2.75) is 25.2 Å². The fourth-order valence-corrected chi connectivity index (χ4v) is 4.63. The van der Waals surface area contributed by atoms with Crippen molar-refractivity contribution >= 4 is 23.2 Å². The van der Waals surface area contributed by atoms with Crippen LogP contribution in [0.4, 0.5) is 5.95 Å². The lowest BCUT2D eigenvalue weighted by Crippen LogP contribution is -2.26. The molecule has 1 amide bonds. The summed E-state index contributed by atoms with van der Waals surface area (Å²) in [4.78, 5) is 40.1. The highest BCUT2D eigenvalue weighted by molar-refractivity contribution is 5.96. The Morgan fingerprint density at radius 1 is 1.09 bits per heavy atom. The van der Waals surface area contributed by atoms with Crippen molar-refractivity contribution in [2.75, 3.05) is 18.8 Å². The predicted octanol–water partition coefficient (Wildman–Crippen LogP) is 3.69. The van der Waals surface area contributed by atoms with E-state index in [2.05, 4.69) is 16.5 Å². The predicted molar refractivity (Wildman–Crippen MR) is 134 cm³/mol. The standard InChI is InChI=1S/C27H26N6O2/c1-2-24(35)32-16-13-20(17-32)25-22-12-15-30-27(28)33(22)26(31-25)19-8-6-18(7-9-19)23(34)11-10-21-5-3-4-14-29-21/h2-9,12,14-15,20H,1,10-11,13,16-17H2,(H2,28,30). The summed E-state index contributed by atoms with van der Waals surface area (Å²) in [5, 5.41) is 0. The number of likely N-dealkylation sites (tertiary alicyclic amines) is 1. The quantitative estimate of drug-likeness (QED) is 0.329. The third-order valence-corrected chi connectivity index (χ3v) is 6.47. The molecule has 0 aliphatic carbocycles. The zero-order valence-electron chi connectivity index (χ0n) is 19.3. The first-order chi connectivity index (χ1) is 17.0. The highest BCUT2D eigenvalue weighted by Gasteiger charge is 2.30. The van der Waals surface area contributed by atoms with Crippen LogP contribution < -0.4 is 5.73 Å². The lowest BCUT2D eigenvalue weighted by Gasteiger charge is -2.13. The average molecular weight is 467 g/mol. The molecule has 176 valence electrons. The summed E-state index contributed by atoms with van der Waals surface area (Å²) < 4.78 is 1.84. The van der Waals surface area contributed by atoms with Crippen LogP contribution in [0.15, 0.2) is 73.6 Å². The molecule has 1 saturated heterocycles. The third kappa shape index (κ3) is 4.42. The van der Waals surface area contributed by atoms with Gasteiger partial charge in [0.15, 0.2) is 5.78 Å². The zero-order chi connectivity index (χ0) is 24.4. The van der Waals surface area contributed by atoms with E-state index in [0.717, 1.165) is 28.9 Å². The molecule has 0 bridgehead atoms. The van der Waals surface area contributed by atoms with Gasteiger partial charge in [0.1, 0.15) is 5.82 Å². The number of anilines is 1. The van der Waals surface area contributed by atoms with Gasteiger partial charge < -0.3 is 10.6 Å². The van der Waals surface area contributed by atoms with E-state index in [1.807, 2.05) is 52.9 Å². The van der Waals surface area contributed by atoms with Crippen molar-refractivity contribution in [3.63, 3.8) is 0 Å². The van der Waals surface area contributed by atoms with Gasteiger partial charge in [0, 0.05) is 54.6 Å². The van der Waals surface area contributed by atoms with Crippen LogP contribution in [-0.2, 0) is 11.2 Å². The van der Waals surface area contributed by atoms with Gasteiger partial charge in [-0.2, -0.15) is 0 Å². The lowest BCUT2D eigenvalue weighted by molar-refractivity contribution is -0.125. The Labute approximate surface area is 203 Å². The minimum absolute atomic E-state index is 0.0648. The van der Waals surface area contributed by atoms with Crippen LogP contribution >= 0.6 is 0 Å². The molecule has 0 saturated carbocycles. The van der Waals surface area contributed by atoms with E-state index in [-0.39, 0.29) is 17.6 Å². The van der Waals surface area contributed by atoms with E-state index in [4.69, 9.17) is 10.7 Å². The summed E-state index contributed by atoms with van der Waals surface area (Å²) in [5.74, 6) is 1.10. The van der Waals surface area contributed by atoms with Crippen LogP contribution in [0.25, 0.3) is 16.9 Å². The monoisotopic (exact) mass is 466 g/mol. The summed E-state index contributed by atoms with van der Waals surface area (Å²) in [6.45, 7) is 4.84. The Morgan fingerprint density at radius 3 is 2.66 bits per heavy atom. The average Bonchev–Trinajstić information content (AvgIpc) is 3.54. The first-order valence-electron chi connectivity index (χ1n) is 11.6. The number of pyridine rings is 1. The van der Waals surface area contributed by atoms with E-state index >= 15 is 0 Å². The highest BCUT2D eigenvalue weighted by Crippen LogP contribution is 2.34. The molecule has 1 atom stereocenters. The van der Waals surface area contributed by atoms with Gasteiger partial charge in [-0.3, -0.25) is 19.0 Å². The number of hydrogen-bond donors (Lipinski definition) is 1. The van der Waals surface area contributed by atoms with E-state index in [1.165, 1.54) is 6.08 Å². The van der Waals surface area contributed by atoms with E-state index in [0.29, 0.717) is 43.3 Å². The van der Waals surface area contributed by atoms with Crippen molar-refractivity contribution in [1.82, 2.24) is 24.3 Å². The third-order valence-electron chi connectivity index (χ3n) is 6.47. The molecule has 0 radical (unpaired) electrons. The molecular formula is C27H26N6O2. The maximum atomic E-state index is 12.7. The molecular weight excluding hydrogens is 440 g/mol. The topological polar surface area (TPSA) is 106 Å². The van der Waals surface area contributed by atoms with Crippen LogP contribution in [0.2, 0.25) is 0 Å². The second-order valence-electron chi connectivity index (χ2n) is 8.64. The van der Waals surface area contributed by atoms with Gasteiger partial charge in [0.2, 0.25) is 11.9 Å². The number of carbonyl (C=O) groups is 2. The van der Waals surface area contributed by atoms with E-state index in [1.54, 1.807) is 17.3 Å². The molecule has 1 aliphatic rings. The molecule has 1 aromatic carbocycles. The molecule has 8 nitrogen and oxygen atoms in total. The Balaban J connectivity index is 1.41. The Hall–Kier alpha value is -4.33. The summed E-state index contributed by atoms with van der Waals surface area (Å²) in [6, 6.07) is 15.0. The molecule has 8 heteroatoms. The van der Waals surface area contributed by atoms with Crippen molar-refractivity contribution < 1.29 is 9.59 Å². The SMILES string of the molecule is C=CC(=O)N1CCC(c2nc(-c3ccc(C(=O)CCc4ccccn4)cc3)n3c(N)nccc23)C1. The number of fused-ring (bicyclic) bond motifs is 1. The van der Waals surface area contributed by atoms with Crippen molar-refractivity contribution in [2.24, 2.45) is 0 Å². The van der Waals surface area contributed by atoms with Crippen LogP contribution in [0.3, 0.4) is 0 Å². The van der Waals surface area contributed by atoms with Gasteiger partial charge in [-0.25, -0.2) is 9.97 Å². The van der Waals surface area contributed by atoms with Crippen LogP contribution in [0.1, 0.15) is 40.5 Å². The first-order valence-corrected chi connectivity index (χ1v) is 11.6. The summed E-state index contributed by atoms with van der Waals surface area (Å²) in [6.07, 6.45) is 6.57. The van der Waals surface area contributed by atoms with E-state index in [9.17, 15) is 9.59 Å². The molecule has 2 N–H and O–H groups in total. The van der Waals surface area contributed by atoms with Gasteiger partial charge in [-0.15, -0.1) is 0 Å². The maximum Gasteiger partial charge on any atom is 0.245 e. The smallest absolute Gasteiger partial charge is 0.245 e. The van der Waals surface area contributed by atoms with Crippen LogP contribution in [0.5, 0.6) is 0 Å². The molecule has 1 aliphatic heterocycles. The number of nitrogens with zero attached hydrogens (tertiary/aromatic N) is 5. The number of hydrogen-bond acceptors (Lipinski definition) is 6. The Kier molecular flexibility index (Phi) is 6.10. The molecule has 1 unspecified atom stereocenters. The molecule has 0 spiro atoms. The Morgan fingerprint density at radius 2 is 1.91 bits per heavy atom. The lowest BCUT2D eigenvalue weighted by atomic mass is 10.0. The largest absolute Gasteiger partial charge is 0.369 e. The zero-order valence-corrected chi connectivity index (χ0v) is 19.3. The summed E-state index contributed by atoms with van der Waals surface area (Å²) in [5.41, 5.74) is 10.4. The summed E-state index contributed by atoms with van der Waals surface area (Å²) >= 11 is 0. The van der Waals surface area contributed by atoms with Crippen LogP contribution in [-0.4, -0.2) is 49.0 Å². The second-order valence-corrected chi connectivity index (χ2v) is 8.64. The van der Waals surface area contributed by atoms with Crippen LogP contribution in [0, 0.1) is 0 Å². The normalized spacial score (nSPS) is 15.4. The maximum absolute atomic E-state index is 12.7. The Bertz CT molecular complexity index is 1390. The van der Waals surface area contributed by atoms with Gasteiger partial charge in [-0.05, 0) is 37.1 Å². The minimum Gasteiger partial charge on any atom is -0.369 e. The minimum atomic E-state index is -0.0688. The van der Waals surface area contributed by atoms with Crippen molar-refractivity contribution in [3.05, 3.63) is 90.5 Å². The number of rotatable bonds is 7. The van der Waals surface area contributed by atoms with Gasteiger partial charge in [0.25, 0.3) is 0 Å². The number of aryl methyl sites for hydroxylation is 1.